The lowest BCUT2D eigenvalue weighted by Crippen LogP contribution is -2.21. The van der Waals surface area contributed by atoms with E-state index in [4.69, 9.17) is 4.74 Å². The largest absolute Gasteiger partial charge is 0.494 e. The summed E-state index contributed by atoms with van der Waals surface area (Å²) in [5.74, 6) is 1.58. The third kappa shape index (κ3) is 4.02. The Balaban J connectivity index is 1.70. The first-order valence-electron chi connectivity index (χ1n) is 7.22. The first-order chi connectivity index (χ1) is 8.75. The normalized spacial score (nSPS) is 19.4. The first-order valence-corrected chi connectivity index (χ1v) is 7.22. The number of hydrogen-bond acceptors (Lipinski definition) is 2. The van der Waals surface area contributed by atoms with Crippen molar-refractivity contribution < 1.29 is 4.74 Å². The van der Waals surface area contributed by atoms with Crippen molar-refractivity contribution in [3.8, 4) is 5.75 Å². The van der Waals surface area contributed by atoms with Crippen LogP contribution in [0.3, 0.4) is 0 Å². The van der Waals surface area contributed by atoms with Crippen molar-refractivity contribution in [1.82, 2.24) is 5.32 Å². The summed E-state index contributed by atoms with van der Waals surface area (Å²) >= 11 is 0. The number of nitrogens with one attached hydrogen (secondary N) is 1. The average molecular weight is 247 g/mol. The Morgan fingerprint density at radius 2 is 2.28 bits per heavy atom. The van der Waals surface area contributed by atoms with E-state index in [1.54, 1.807) is 0 Å². The highest BCUT2D eigenvalue weighted by atomic mass is 16.5. The molecular weight excluding hydrogens is 222 g/mol. The third-order valence-electron chi connectivity index (χ3n) is 3.65. The van der Waals surface area contributed by atoms with E-state index in [-0.39, 0.29) is 0 Å². The van der Waals surface area contributed by atoms with Crippen LogP contribution in [0.2, 0.25) is 0 Å². The van der Waals surface area contributed by atoms with Crippen LogP contribution in [-0.2, 0) is 0 Å². The van der Waals surface area contributed by atoms with Gasteiger partial charge >= 0.3 is 0 Å². The van der Waals surface area contributed by atoms with Crippen LogP contribution in [-0.4, -0.2) is 19.2 Å². The molecule has 1 aromatic rings. The smallest absolute Gasteiger partial charge is 0.119 e. The molecule has 1 N–H and O–H groups in total. The highest BCUT2D eigenvalue weighted by molar-refractivity contribution is 5.30. The Labute approximate surface area is 111 Å². The van der Waals surface area contributed by atoms with Gasteiger partial charge in [-0.2, -0.15) is 0 Å². The Morgan fingerprint density at radius 3 is 3.00 bits per heavy atom. The summed E-state index contributed by atoms with van der Waals surface area (Å²) in [6.07, 6.45) is 5.05. The summed E-state index contributed by atoms with van der Waals surface area (Å²) in [7, 11) is 0. The van der Waals surface area contributed by atoms with Crippen LogP contribution in [0.4, 0.5) is 0 Å². The Hall–Kier alpha value is -1.02. The van der Waals surface area contributed by atoms with E-state index in [0.29, 0.717) is 5.92 Å². The van der Waals surface area contributed by atoms with Gasteiger partial charge in [-0.3, -0.25) is 0 Å². The van der Waals surface area contributed by atoms with Crippen LogP contribution >= 0.6 is 0 Å². The molecule has 0 aromatic heterocycles. The fourth-order valence-corrected chi connectivity index (χ4v) is 2.49. The summed E-state index contributed by atoms with van der Waals surface area (Å²) < 4.78 is 5.83. The Morgan fingerprint density at radius 1 is 1.39 bits per heavy atom. The molecule has 0 radical (unpaired) electrons. The van der Waals surface area contributed by atoms with Crippen molar-refractivity contribution in [3.05, 3.63) is 29.8 Å². The first kappa shape index (κ1) is 13.4. The average Bonchev–Trinajstić information content (AvgIpc) is 2.88. The summed E-state index contributed by atoms with van der Waals surface area (Å²) in [5, 5.41) is 3.52. The molecule has 0 amide bonds. The predicted molar refractivity (Wildman–Crippen MR) is 76.3 cm³/mol. The molecular formula is C16H25NO. The molecule has 1 aliphatic heterocycles. The zero-order valence-electron chi connectivity index (χ0n) is 11.6. The fraction of sp³-hybridized carbons (Fsp3) is 0.625. The van der Waals surface area contributed by atoms with E-state index in [1.165, 1.54) is 31.4 Å². The maximum absolute atomic E-state index is 5.83. The monoisotopic (exact) mass is 247 g/mol. The number of ether oxygens (including phenoxy) is 1. The molecule has 2 nitrogen and oxygen atoms in total. The van der Waals surface area contributed by atoms with Crippen LogP contribution in [0.15, 0.2) is 24.3 Å². The molecule has 2 rings (SSSR count). The molecule has 0 aliphatic carbocycles. The Kier molecular flexibility index (Phi) is 5.06. The zero-order valence-corrected chi connectivity index (χ0v) is 11.6. The van der Waals surface area contributed by atoms with Gasteiger partial charge in [-0.25, -0.2) is 0 Å². The SMILES string of the molecule is CC(C)c1cccc(OCCCC2CCCN2)c1. The summed E-state index contributed by atoms with van der Waals surface area (Å²) in [6, 6.07) is 9.21. The quantitative estimate of drug-likeness (QED) is 0.774. The summed E-state index contributed by atoms with van der Waals surface area (Å²) in [4.78, 5) is 0. The van der Waals surface area contributed by atoms with Gasteiger partial charge in [-0.1, -0.05) is 26.0 Å². The molecule has 1 aliphatic rings. The lowest BCUT2D eigenvalue weighted by Gasteiger charge is -2.12. The summed E-state index contributed by atoms with van der Waals surface area (Å²) in [5.41, 5.74) is 1.35. The second-order valence-corrected chi connectivity index (χ2v) is 5.51. The molecule has 1 atom stereocenters. The van der Waals surface area contributed by atoms with E-state index in [9.17, 15) is 0 Å². The zero-order chi connectivity index (χ0) is 12.8. The van der Waals surface area contributed by atoms with Crippen molar-refractivity contribution in [1.29, 1.82) is 0 Å². The minimum absolute atomic E-state index is 0.566. The van der Waals surface area contributed by atoms with Gasteiger partial charge in [0, 0.05) is 6.04 Å². The molecule has 0 spiro atoms. The predicted octanol–water partition coefficient (Wildman–Crippen LogP) is 3.72. The lowest BCUT2D eigenvalue weighted by atomic mass is 10.0. The molecule has 18 heavy (non-hydrogen) atoms. The van der Waals surface area contributed by atoms with Gasteiger partial charge in [0.1, 0.15) is 5.75 Å². The van der Waals surface area contributed by atoms with Crippen LogP contribution in [0.25, 0.3) is 0 Å². The van der Waals surface area contributed by atoms with E-state index in [2.05, 4.69) is 43.4 Å². The van der Waals surface area contributed by atoms with Crippen LogP contribution < -0.4 is 10.1 Å². The van der Waals surface area contributed by atoms with Crippen molar-refractivity contribution in [3.63, 3.8) is 0 Å². The fourth-order valence-electron chi connectivity index (χ4n) is 2.49. The van der Waals surface area contributed by atoms with Crippen molar-refractivity contribution >= 4 is 0 Å². The highest BCUT2D eigenvalue weighted by Crippen LogP contribution is 2.20. The van der Waals surface area contributed by atoms with Gasteiger partial charge in [0.05, 0.1) is 6.61 Å². The van der Waals surface area contributed by atoms with Gasteiger partial charge in [0.15, 0.2) is 0 Å². The molecule has 1 aromatic carbocycles. The minimum atomic E-state index is 0.566. The van der Waals surface area contributed by atoms with Crippen LogP contribution in [0.1, 0.15) is 51.0 Å². The van der Waals surface area contributed by atoms with Gasteiger partial charge in [0.25, 0.3) is 0 Å². The van der Waals surface area contributed by atoms with Gasteiger partial charge in [0.2, 0.25) is 0 Å². The molecule has 100 valence electrons. The topological polar surface area (TPSA) is 21.3 Å². The van der Waals surface area contributed by atoms with E-state index < -0.39 is 0 Å². The van der Waals surface area contributed by atoms with Crippen LogP contribution in [0.5, 0.6) is 5.75 Å². The Bertz CT molecular complexity index is 356. The molecule has 2 heteroatoms. The van der Waals surface area contributed by atoms with E-state index >= 15 is 0 Å². The second kappa shape index (κ2) is 6.79. The number of benzene rings is 1. The number of hydrogen-bond donors (Lipinski definition) is 1. The molecule has 0 saturated carbocycles. The van der Waals surface area contributed by atoms with E-state index in [1.807, 2.05) is 0 Å². The van der Waals surface area contributed by atoms with E-state index in [0.717, 1.165) is 24.8 Å². The molecule has 1 saturated heterocycles. The maximum Gasteiger partial charge on any atom is 0.119 e. The van der Waals surface area contributed by atoms with Crippen LogP contribution in [0, 0.1) is 0 Å². The third-order valence-corrected chi connectivity index (χ3v) is 3.65. The standard InChI is InChI=1S/C16H25NO/c1-13(2)14-6-3-9-16(12-14)18-11-5-8-15-7-4-10-17-15/h3,6,9,12-13,15,17H,4-5,7-8,10-11H2,1-2H3. The maximum atomic E-state index is 5.83. The highest BCUT2D eigenvalue weighted by Gasteiger charge is 2.12. The molecule has 1 unspecified atom stereocenters. The van der Waals surface area contributed by atoms with Crippen molar-refractivity contribution in [2.45, 2.75) is 51.5 Å². The molecule has 1 fully saturated rings. The van der Waals surface area contributed by atoms with Gasteiger partial charge < -0.3 is 10.1 Å². The van der Waals surface area contributed by atoms with Crippen molar-refractivity contribution in [2.24, 2.45) is 0 Å². The second-order valence-electron chi connectivity index (χ2n) is 5.51. The van der Waals surface area contributed by atoms with Crippen molar-refractivity contribution in [2.75, 3.05) is 13.2 Å². The summed E-state index contributed by atoms with van der Waals surface area (Å²) in [6.45, 7) is 6.46. The molecule has 1 heterocycles. The van der Waals surface area contributed by atoms with Gasteiger partial charge in [-0.15, -0.1) is 0 Å². The van der Waals surface area contributed by atoms with Gasteiger partial charge in [-0.05, 0) is 55.8 Å². The minimum Gasteiger partial charge on any atom is -0.494 e. The number of rotatable bonds is 6. The molecule has 0 bridgehead atoms. The lowest BCUT2D eigenvalue weighted by molar-refractivity contribution is 0.298.